The van der Waals surface area contributed by atoms with Gasteiger partial charge in [-0.15, -0.1) is 0 Å². The topological polar surface area (TPSA) is 64.2 Å². The van der Waals surface area contributed by atoms with Crippen LogP contribution in [0.1, 0.15) is 0 Å². The van der Waals surface area contributed by atoms with Gasteiger partial charge in [0.25, 0.3) is 5.56 Å². The molecule has 1 aromatic carbocycles. The lowest BCUT2D eigenvalue weighted by Crippen LogP contribution is -2.36. The van der Waals surface area contributed by atoms with Crippen molar-refractivity contribution in [2.45, 2.75) is 0 Å². The maximum absolute atomic E-state index is 11.8. The zero-order chi connectivity index (χ0) is 12.6. The number of aromatic nitrogens is 2. The van der Waals surface area contributed by atoms with Crippen LogP contribution in [-0.2, 0) is 7.05 Å². The maximum Gasteiger partial charge on any atom is 0.338 e. The zero-order valence-electron chi connectivity index (χ0n) is 8.92. The van der Waals surface area contributed by atoms with E-state index in [1.165, 1.54) is 7.05 Å². The van der Waals surface area contributed by atoms with Crippen LogP contribution in [0.4, 0.5) is 0 Å². The van der Waals surface area contributed by atoms with Crippen LogP contribution in [0.25, 0.3) is 5.69 Å². The van der Waals surface area contributed by atoms with Crippen LogP contribution in [0.2, 0.25) is 5.02 Å². The number of rotatable bonds is 1. The van der Waals surface area contributed by atoms with Crippen LogP contribution in [0.15, 0.2) is 39.9 Å². The maximum atomic E-state index is 11.8. The number of hydrogen-bond acceptors (Lipinski definition) is 3. The van der Waals surface area contributed by atoms with E-state index in [1.807, 2.05) is 0 Å². The predicted molar refractivity (Wildman–Crippen MR) is 64.0 cm³/mol. The van der Waals surface area contributed by atoms with Crippen LogP contribution in [0.3, 0.4) is 0 Å². The van der Waals surface area contributed by atoms with E-state index in [-0.39, 0.29) is 5.88 Å². The van der Waals surface area contributed by atoms with Crippen molar-refractivity contribution in [3.05, 3.63) is 56.2 Å². The molecule has 0 unspecified atom stereocenters. The standard InChI is InChI=1S/C11H9ClN2O3/c1-13-9(15)6-10(16)14(11(13)17)8-4-2-7(12)3-5-8/h2-6,15H,1H3. The van der Waals surface area contributed by atoms with Gasteiger partial charge in [-0.3, -0.25) is 9.36 Å². The van der Waals surface area contributed by atoms with E-state index in [9.17, 15) is 14.7 Å². The molecule has 0 aliphatic carbocycles. The number of halogens is 1. The minimum atomic E-state index is -0.614. The Morgan fingerprint density at radius 1 is 1.18 bits per heavy atom. The summed E-state index contributed by atoms with van der Waals surface area (Å²) < 4.78 is 1.94. The molecule has 0 fully saturated rings. The molecular weight excluding hydrogens is 244 g/mol. The van der Waals surface area contributed by atoms with Gasteiger partial charge in [0.05, 0.1) is 11.8 Å². The molecule has 0 aliphatic heterocycles. The second-order valence-corrected chi connectivity index (χ2v) is 3.93. The molecule has 1 heterocycles. The van der Waals surface area contributed by atoms with Gasteiger partial charge in [-0.1, -0.05) is 11.6 Å². The van der Waals surface area contributed by atoms with E-state index < -0.39 is 11.2 Å². The summed E-state index contributed by atoms with van der Waals surface area (Å²) in [5, 5.41) is 9.84. The fraction of sp³-hybridized carbons (Fsp3) is 0.0909. The highest BCUT2D eigenvalue weighted by molar-refractivity contribution is 6.30. The van der Waals surface area contributed by atoms with Crippen molar-refractivity contribution in [2.24, 2.45) is 7.05 Å². The smallest absolute Gasteiger partial charge is 0.338 e. The quantitative estimate of drug-likeness (QED) is 0.820. The highest BCUT2D eigenvalue weighted by atomic mass is 35.5. The zero-order valence-corrected chi connectivity index (χ0v) is 9.68. The van der Waals surface area contributed by atoms with Gasteiger partial charge in [0.15, 0.2) is 5.88 Å². The molecule has 0 amide bonds. The number of benzene rings is 1. The minimum absolute atomic E-state index is 0.370. The van der Waals surface area contributed by atoms with Crippen molar-refractivity contribution in [1.82, 2.24) is 9.13 Å². The van der Waals surface area contributed by atoms with Gasteiger partial charge in [-0.2, -0.15) is 0 Å². The molecule has 1 N–H and O–H groups in total. The third kappa shape index (κ3) is 1.97. The summed E-state index contributed by atoms with van der Waals surface area (Å²) in [6.45, 7) is 0. The average Bonchev–Trinajstić information content (AvgIpc) is 2.29. The first-order valence-electron chi connectivity index (χ1n) is 4.78. The minimum Gasteiger partial charge on any atom is -0.494 e. The first kappa shape index (κ1) is 11.5. The van der Waals surface area contributed by atoms with Crippen LogP contribution < -0.4 is 11.2 Å². The Bertz CT molecular complexity index is 671. The van der Waals surface area contributed by atoms with E-state index in [0.717, 1.165) is 15.2 Å². The van der Waals surface area contributed by atoms with Crippen molar-refractivity contribution in [3.63, 3.8) is 0 Å². The van der Waals surface area contributed by atoms with Crippen molar-refractivity contribution in [3.8, 4) is 11.6 Å². The normalized spacial score (nSPS) is 10.5. The molecule has 0 saturated carbocycles. The summed E-state index contributed by atoms with van der Waals surface area (Å²) >= 11 is 5.72. The molecule has 88 valence electrons. The van der Waals surface area contributed by atoms with Gasteiger partial charge < -0.3 is 5.11 Å². The Hall–Kier alpha value is -2.01. The first-order chi connectivity index (χ1) is 8.00. The van der Waals surface area contributed by atoms with Gasteiger partial charge in [-0.05, 0) is 24.3 Å². The molecule has 0 bridgehead atoms. The Kier molecular flexibility index (Phi) is 2.77. The van der Waals surface area contributed by atoms with Crippen LogP contribution >= 0.6 is 11.6 Å². The van der Waals surface area contributed by atoms with E-state index >= 15 is 0 Å². The summed E-state index contributed by atoms with van der Waals surface area (Å²) in [6, 6.07) is 7.26. The van der Waals surface area contributed by atoms with Crippen molar-refractivity contribution < 1.29 is 5.11 Å². The molecular formula is C11H9ClN2O3. The molecule has 1 aromatic heterocycles. The van der Waals surface area contributed by atoms with E-state index in [2.05, 4.69) is 0 Å². The monoisotopic (exact) mass is 252 g/mol. The first-order valence-corrected chi connectivity index (χ1v) is 5.16. The second-order valence-electron chi connectivity index (χ2n) is 3.49. The lowest BCUT2D eigenvalue weighted by Gasteiger charge is -2.07. The molecule has 0 aliphatic rings. The van der Waals surface area contributed by atoms with Crippen LogP contribution in [-0.4, -0.2) is 14.2 Å². The molecule has 0 spiro atoms. The third-order valence-corrected chi connectivity index (χ3v) is 2.63. The summed E-state index contributed by atoms with van der Waals surface area (Å²) in [7, 11) is 1.38. The number of aromatic hydroxyl groups is 1. The van der Waals surface area contributed by atoms with Crippen LogP contribution in [0, 0.1) is 0 Å². The number of hydrogen-bond donors (Lipinski definition) is 1. The second kappa shape index (κ2) is 4.10. The predicted octanol–water partition coefficient (Wildman–Crippen LogP) is 0.895. The molecule has 17 heavy (non-hydrogen) atoms. The fourth-order valence-corrected chi connectivity index (χ4v) is 1.57. The van der Waals surface area contributed by atoms with E-state index in [0.29, 0.717) is 10.7 Å². The van der Waals surface area contributed by atoms with Gasteiger partial charge >= 0.3 is 5.69 Å². The Morgan fingerprint density at radius 2 is 1.76 bits per heavy atom. The molecule has 2 rings (SSSR count). The van der Waals surface area contributed by atoms with Gasteiger partial charge in [0, 0.05) is 12.1 Å². The molecule has 2 aromatic rings. The van der Waals surface area contributed by atoms with E-state index in [4.69, 9.17) is 11.6 Å². The molecule has 0 radical (unpaired) electrons. The Labute approximate surface area is 101 Å². The third-order valence-electron chi connectivity index (χ3n) is 2.38. The Morgan fingerprint density at radius 3 is 2.35 bits per heavy atom. The van der Waals surface area contributed by atoms with Crippen molar-refractivity contribution in [1.29, 1.82) is 0 Å². The summed E-state index contributed by atoms with van der Waals surface area (Å²) in [5.74, 6) is -0.370. The van der Waals surface area contributed by atoms with Gasteiger partial charge in [0.1, 0.15) is 0 Å². The van der Waals surface area contributed by atoms with Crippen molar-refractivity contribution in [2.75, 3.05) is 0 Å². The highest BCUT2D eigenvalue weighted by Gasteiger charge is 2.09. The highest BCUT2D eigenvalue weighted by Crippen LogP contribution is 2.11. The Balaban J connectivity index is 2.77. The van der Waals surface area contributed by atoms with Crippen molar-refractivity contribution >= 4 is 11.6 Å². The lowest BCUT2D eigenvalue weighted by atomic mass is 10.3. The fourth-order valence-electron chi connectivity index (χ4n) is 1.44. The molecule has 0 atom stereocenters. The number of nitrogens with zero attached hydrogens (tertiary/aromatic N) is 2. The van der Waals surface area contributed by atoms with Gasteiger partial charge in [-0.25, -0.2) is 9.36 Å². The summed E-state index contributed by atoms with van der Waals surface area (Å²) in [5.41, 5.74) is -0.801. The summed E-state index contributed by atoms with van der Waals surface area (Å²) in [4.78, 5) is 23.5. The molecule has 0 saturated heterocycles. The summed E-state index contributed by atoms with van der Waals surface area (Å²) in [6.07, 6.45) is 0. The SMILES string of the molecule is Cn1c(O)cc(=O)n(-c2ccc(Cl)cc2)c1=O. The van der Waals surface area contributed by atoms with E-state index in [1.54, 1.807) is 24.3 Å². The largest absolute Gasteiger partial charge is 0.494 e. The lowest BCUT2D eigenvalue weighted by molar-refractivity contribution is 0.414. The average molecular weight is 253 g/mol. The molecule has 5 nitrogen and oxygen atoms in total. The van der Waals surface area contributed by atoms with Crippen LogP contribution in [0.5, 0.6) is 5.88 Å². The van der Waals surface area contributed by atoms with Gasteiger partial charge in [0.2, 0.25) is 0 Å². The molecule has 6 heteroatoms.